The molecule has 0 aliphatic heterocycles. The highest BCUT2D eigenvalue weighted by Gasteiger charge is 2.19. The number of carbonyl (C=O) groups excluding carboxylic acids is 1. The molecule has 0 amide bonds. The van der Waals surface area contributed by atoms with E-state index >= 15 is 0 Å². The van der Waals surface area contributed by atoms with Gasteiger partial charge < -0.3 is 20.3 Å². The van der Waals surface area contributed by atoms with Crippen LogP contribution in [-0.2, 0) is 14.3 Å². The monoisotopic (exact) mass is 205 g/mol. The van der Waals surface area contributed by atoms with Crippen molar-refractivity contribution in [3.05, 3.63) is 0 Å². The Morgan fingerprint density at radius 2 is 1.93 bits per heavy atom. The molecule has 84 valence electrons. The van der Waals surface area contributed by atoms with E-state index in [-0.39, 0.29) is 12.7 Å². The highest BCUT2D eigenvalue weighted by Crippen LogP contribution is 1.93. The van der Waals surface area contributed by atoms with E-state index < -0.39 is 18.1 Å². The van der Waals surface area contributed by atoms with Crippen LogP contribution in [0.1, 0.15) is 20.8 Å². The van der Waals surface area contributed by atoms with Crippen LogP contribution >= 0.6 is 0 Å². The van der Waals surface area contributed by atoms with Gasteiger partial charge in [0.15, 0.2) is 0 Å². The van der Waals surface area contributed by atoms with Gasteiger partial charge in [-0.3, -0.25) is 4.79 Å². The lowest BCUT2D eigenvalue weighted by Crippen LogP contribution is -2.41. The first-order valence-corrected chi connectivity index (χ1v) is 4.67. The molecule has 0 aromatic heterocycles. The van der Waals surface area contributed by atoms with Gasteiger partial charge in [0.25, 0.3) is 0 Å². The Kier molecular flexibility index (Phi) is 6.44. The summed E-state index contributed by atoms with van der Waals surface area (Å²) in [7, 11) is 0. The summed E-state index contributed by atoms with van der Waals surface area (Å²) in [5.74, 6) is -0.604. The third-order valence-corrected chi connectivity index (χ3v) is 1.57. The first-order valence-electron chi connectivity index (χ1n) is 4.67. The maximum absolute atomic E-state index is 11.1. The Morgan fingerprint density at radius 1 is 1.36 bits per heavy atom. The molecule has 0 saturated heterocycles. The summed E-state index contributed by atoms with van der Waals surface area (Å²) in [5.41, 5.74) is 5.34. The lowest BCUT2D eigenvalue weighted by atomic mass is 10.2. The summed E-state index contributed by atoms with van der Waals surface area (Å²) in [6.07, 6.45) is -0.785. The van der Waals surface area contributed by atoms with E-state index in [1.165, 1.54) is 6.92 Å². The zero-order valence-corrected chi connectivity index (χ0v) is 8.90. The predicted octanol–water partition coefficient (Wildman–Crippen LogP) is -0.337. The molecule has 0 aromatic carbocycles. The maximum atomic E-state index is 11.1. The lowest BCUT2D eigenvalue weighted by Gasteiger charge is -2.14. The van der Waals surface area contributed by atoms with Gasteiger partial charge in [-0.15, -0.1) is 0 Å². The number of esters is 1. The van der Waals surface area contributed by atoms with Crippen LogP contribution in [0.4, 0.5) is 0 Å². The molecule has 2 atom stereocenters. The Morgan fingerprint density at radius 3 is 2.36 bits per heavy atom. The molecule has 3 N–H and O–H groups in total. The van der Waals surface area contributed by atoms with Gasteiger partial charge in [0.1, 0.15) is 12.6 Å². The van der Waals surface area contributed by atoms with E-state index in [9.17, 15) is 4.79 Å². The van der Waals surface area contributed by atoms with Crippen molar-refractivity contribution in [2.24, 2.45) is 5.73 Å². The zero-order valence-electron chi connectivity index (χ0n) is 8.90. The fraction of sp³-hybridized carbons (Fsp3) is 0.889. The SMILES string of the molecule is CC(C)OCCOC(=O)[C@@H](N)[C@@H](C)O. The summed E-state index contributed by atoms with van der Waals surface area (Å²) in [5, 5.41) is 8.98. The minimum atomic E-state index is -0.978. The van der Waals surface area contributed by atoms with Crippen LogP contribution in [0.15, 0.2) is 0 Å². The molecular weight excluding hydrogens is 186 g/mol. The van der Waals surface area contributed by atoms with Gasteiger partial charge in [-0.05, 0) is 20.8 Å². The average Bonchev–Trinajstić information content (AvgIpc) is 2.10. The molecule has 0 aromatic rings. The van der Waals surface area contributed by atoms with Crippen LogP contribution in [0.25, 0.3) is 0 Å². The van der Waals surface area contributed by atoms with E-state index in [4.69, 9.17) is 20.3 Å². The van der Waals surface area contributed by atoms with Crippen molar-refractivity contribution >= 4 is 5.97 Å². The van der Waals surface area contributed by atoms with Crippen molar-refractivity contribution in [3.63, 3.8) is 0 Å². The van der Waals surface area contributed by atoms with Gasteiger partial charge in [0.05, 0.1) is 18.8 Å². The zero-order chi connectivity index (χ0) is 11.1. The molecule has 0 rings (SSSR count). The smallest absolute Gasteiger partial charge is 0.325 e. The van der Waals surface area contributed by atoms with Crippen molar-refractivity contribution in [2.75, 3.05) is 13.2 Å². The number of nitrogens with two attached hydrogens (primary N) is 1. The molecule has 0 spiro atoms. The molecule has 0 radical (unpaired) electrons. The Bertz CT molecular complexity index is 170. The van der Waals surface area contributed by atoms with Crippen molar-refractivity contribution in [2.45, 2.75) is 39.0 Å². The lowest BCUT2D eigenvalue weighted by molar-refractivity contribution is -0.149. The second kappa shape index (κ2) is 6.75. The Labute approximate surface area is 84.2 Å². The molecule has 14 heavy (non-hydrogen) atoms. The third kappa shape index (κ3) is 5.90. The number of aliphatic hydroxyl groups excluding tert-OH is 1. The Hall–Kier alpha value is -0.650. The average molecular weight is 205 g/mol. The molecule has 0 bridgehead atoms. The minimum absolute atomic E-state index is 0.110. The third-order valence-electron chi connectivity index (χ3n) is 1.57. The van der Waals surface area contributed by atoms with E-state index in [0.29, 0.717) is 6.61 Å². The number of aliphatic hydroxyl groups is 1. The molecule has 0 heterocycles. The van der Waals surface area contributed by atoms with Crippen molar-refractivity contribution < 1.29 is 19.4 Å². The van der Waals surface area contributed by atoms with Crippen molar-refractivity contribution in [1.29, 1.82) is 0 Å². The highest BCUT2D eigenvalue weighted by molar-refractivity contribution is 5.76. The molecule has 0 saturated carbocycles. The molecule has 5 nitrogen and oxygen atoms in total. The molecule has 0 aliphatic rings. The van der Waals surface area contributed by atoms with Crippen molar-refractivity contribution in [3.8, 4) is 0 Å². The van der Waals surface area contributed by atoms with Gasteiger partial charge in [0.2, 0.25) is 0 Å². The first-order chi connectivity index (χ1) is 6.45. The minimum Gasteiger partial charge on any atom is -0.462 e. The van der Waals surface area contributed by atoms with Crippen LogP contribution in [0.3, 0.4) is 0 Å². The summed E-state index contributed by atoms with van der Waals surface area (Å²) in [6.45, 7) is 5.73. The summed E-state index contributed by atoms with van der Waals surface area (Å²) >= 11 is 0. The van der Waals surface area contributed by atoms with Gasteiger partial charge in [0, 0.05) is 0 Å². The number of carbonyl (C=O) groups is 1. The topological polar surface area (TPSA) is 81.8 Å². The number of hydrogen-bond donors (Lipinski definition) is 2. The number of rotatable bonds is 6. The quantitative estimate of drug-likeness (QED) is 0.458. The van der Waals surface area contributed by atoms with Gasteiger partial charge in [-0.1, -0.05) is 0 Å². The van der Waals surface area contributed by atoms with Crippen LogP contribution in [0.5, 0.6) is 0 Å². The largest absolute Gasteiger partial charge is 0.462 e. The molecule has 0 unspecified atom stereocenters. The van der Waals surface area contributed by atoms with E-state index in [1.807, 2.05) is 13.8 Å². The fourth-order valence-electron chi connectivity index (χ4n) is 0.719. The number of ether oxygens (including phenoxy) is 2. The summed E-state index contributed by atoms with van der Waals surface area (Å²) in [6, 6.07) is -0.978. The standard InChI is InChI=1S/C9H19NO4/c1-6(2)13-4-5-14-9(12)8(10)7(3)11/h6-8,11H,4-5,10H2,1-3H3/t7-,8+/m1/s1. The van der Waals surface area contributed by atoms with Crippen LogP contribution < -0.4 is 5.73 Å². The number of hydrogen-bond acceptors (Lipinski definition) is 5. The van der Waals surface area contributed by atoms with E-state index in [1.54, 1.807) is 0 Å². The molecular formula is C9H19NO4. The van der Waals surface area contributed by atoms with Gasteiger partial charge >= 0.3 is 5.97 Å². The Balaban J connectivity index is 3.54. The van der Waals surface area contributed by atoms with Crippen LogP contribution in [-0.4, -0.2) is 42.5 Å². The molecule has 0 aliphatic carbocycles. The predicted molar refractivity (Wildman–Crippen MR) is 51.7 cm³/mol. The van der Waals surface area contributed by atoms with Gasteiger partial charge in [-0.2, -0.15) is 0 Å². The fourth-order valence-corrected chi connectivity index (χ4v) is 0.719. The molecule has 0 fully saturated rings. The second-order valence-corrected chi connectivity index (χ2v) is 3.35. The van der Waals surface area contributed by atoms with E-state index in [0.717, 1.165) is 0 Å². The van der Waals surface area contributed by atoms with E-state index in [2.05, 4.69) is 0 Å². The summed E-state index contributed by atoms with van der Waals surface area (Å²) in [4.78, 5) is 11.1. The first kappa shape index (κ1) is 13.4. The van der Waals surface area contributed by atoms with Crippen LogP contribution in [0.2, 0.25) is 0 Å². The molecule has 5 heteroatoms. The van der Waals surface area contributed by atoms with Gasteiger partial charge in [-0.25, -0.2) is 0 Å². The van der Waals surface area contributed by atoms with Crippen molar-refractivity contribution in [1.82, 2.24) is 0 Å². The van der Waals surface area contributed by atoms with Crippen LogP contribution in [0, 0.1) is 0 Å². The normalized spacial score (nSPS) is 15.3. The summed E-state index contributed by atoms with van der Waals surface area (Å²) < 4.78 is 9.92. The maximum Gasteiger partial charge on any atom is 0.325 e. The second-order valence-electron chi connectivity index (χ2n) is 3.35. The highest BCUT2D eigenvalue weighted by atomic mass is 16.6.